The molecular formula is C24H18F2O4. The van der Waals surface area contributed by atoms with Crippen LogP contribution in [0, 0.1) is 0 Å². The fourth-order valence-electron chi connectivity index (χ4n) is 3.55. The first-order valence-corrected chi connectivity index (χ1v) is 9.46. The minimum absolute atomic E-state index is 0.0112. The van der Waals surface area contributed by atoms with Gasteiger partial charge in [-0.3, -0.25) is 4.79 Å². The highest BCUT2D eigenvalue weighted by Gasteiger charge is 2.51. The van der Waals surface area contributed by atoms with Crippen LogP contribution in [0.4, 0.5) is 8.78 Å². The Morgan fingerprint density at radius 2 is 1.60 bits per heavy atom. The zero-order chi connectivity index (χ0) is 21.3. The van der Waals surface area contributed by atoms with Gasteiger partial charge in [0, 0.05) is 16.3 Å². The fraction of sp³-hybridized carbons (Fsp3) is 0.167. The van der Waals surface area contributed by atoms with Crippen LogP contribution in [0.15, 0.2) is 77.2 Å². The highest BCUT2D eigenvalue weighted by atomic mass is 19.2. The zero-order valence-electron chi connectivity index (χ0n) is 15.8. The van der Waals surface area contributed by atoms with Crippen molar-refractivity contribution in [2.24, 2.45) is 0 Å². The number of carboxylic acids is 1. The number of Topliss-reactive ketones (excluding diaryl/α,β-unsaturated/α-hetero) is 1. The molecule has 1 N–H and O–H groups in total. The molecule has 1 heterocycles. The second-order valence-electron chi connectivity index (χ2n) is 7.19. The van der Waals surface area contributed by atoms with Gasteiger partial charge in [-0.05, 0) is 42.7 Å². The number of hydrogen-bond donors (Lipinski definition) is 1. The maximum Gasteiger partial charge on any atom is 0.345 e. The molecule has 0 saturated carbocycles. The number of carboxylic acid groups (broad SMARTS) is 1. The number of carbonyl (C=O) groups is 2. The summed E-state index contributed by atoms with van der Waals surface area (Å²) in [6.45, 7) is 0. The van der Waals surface area contributed by atoms with Crippen molar-refractivity contribution in [2.75, 3.05) is 0 Å². The van der Waals surface area contributed by atoms with Crippen LogP contribution in [0.5, 0.6) is 0 Å². The van der Waals surface area contributed by atoms with E-state index in [0.29, 0.717) is 22.1 Å². The van der Waals surface area contributed by atoms with Crippen LogP contribution in [-0.4, -0.2) is 28.7 Å². The van der Waals surface area contributed by atoms with E-state index >= 15 is 4.39 Å². The highest BCUT2D eigenvalue weighted by molar-refractivity contribution is 6.10. The molecule has 0 bridgehead atoms. The molecule has 30 heavy (non-hydrogen) atoms. The third-order valence-electron chi connectivity index (χ3n) is 5.27. The number of ketones is 1. The first-order valence-electron chi connectivity index (χ1n) is 9.46. The van der Waals surface area contributed by atoms with Gasteiger partial charge in [-0.25, -0.2) is 13.6 Å². The minimum Gasteiger partial charge on any atom is -0.479 e. The van der Waals surface area contributed by atoms with Crippen LogP contribution >= 0.6 is 0 Å². The smallest absolute Gasteiger partial charge is 0.345 e. The zero-order valence-corrected chi connectivity index (χ0v) is 15.8. The van der Waals surface area contributed by atoms with E-state index in [0.717, 1.165) is 5.39 Å². The topological polar surface area (TPSA) is 67.5 Å². The van der Waals surface area contributed by atoms with Gasteiger partial charge in [-0.1, -0.05) is 48.5 Å². The number of alkyl halides is 2. The van der Waals surface area contributed by atoms with E-state index in [4.69, 9.17) is 4.42 Å². The van der Waals surface area contributed by atoms with Gasteiger partial charge in [-0.15, -0.1) is 0 Å². The van der Waals surface area contributed by atoms with Crippen molar-refractivity contribution in [2.45, 2.75) is 24.7 Å². The maximum atomic E-state index is 15.2. The van der Waals surface area contributed by atoms with Crippen LogP contribution in [0.25, 0.3) is 21.9 Å². The molecule has 6 heteroatoms. The Morgan fingerprint density at radius 3 is 2.33 bits per heavy atom. The van der Waals surface area contributed by atoms with Crippen molar-refractivity contribution in [3.8, 4) is 0 Å². The molecule has 0 spiro atoms. The van der Waals surface area contributed by atoms with Crippen molar-refractivity contribution < 1.29 is 27.9 Å². The van der Waals surface area contributed by atoms with Gasteiger partial charge in [0.1, 0.15) is 11.2 Å². The summed E-state index contributed by atoms with van der Waals surface area (Å²) in [6.07, 6.45) is -3.51. The quantitative estimate of drug-likeness (QED) is 0.408. The Morgan fingerprint density at radius 1 is 0.933 bits per heavy atom. The van der Waals surface area contributed by atoms with E-state index in [1.807, 2.05) is 0 Å². The Balaban J connectivity index is 1.64. The van der Waals surface area contributed by atoms with E-state index in [1.165, 1.54) is 18.2 Å². The standard InChI is InChI=1S/C24H18F2O4/c25-22(24(26,23(28)29)13-12-15-6-2-1-3-7-15)21(27)16-10-11-20-18(14-16)17-8-4-5-9-19(17)30-20/h1-11,14,22H,12-13H2,(H,28,29). The van der Waals surface area contributed by atoms with Gasteiger partial charge in [0.25, 0.3) is 0 Å². The first-order chi connectivity index (χ1) is 14.4. The fourth-order valence-corrected chi connectivity index (χ4v) is 3.55. The van der Waals surface area contributed by atoms with Gasteiger partial charge in [0.2, 0.25) is 17.6 Å². The SMILES string of the molecule is O=C(c1ccc2oc3ccccc3c2c1)C(F)C(F)(CCc1ccccc1)C(=O)O. The second-order valence-corrected chi connectivity index (χ2v) is 7.19. The maximum absolute atomic E-state index is 15.2. The van der Waals surface area contributed by atoms with E-state index < -0.39 is 30.0 Å². The molecule has 4 rings (SSSR count). The number of aryl methyl sites for hydroxylation is 1. The third kappa shape index (κ3) is 3.45. The lowest BCUT2D eigenvalue weighted by Gasteiger charge is -2.24. The summed E-state index contributed by atoms with van der Waals surface area (Å²) in [6, 6.07) is 20.0. The van der Waals surface area contributed by atoms with Crippen molar-refractivity contribution >= 4 is 33.7 Å². The van der Waals surface area contributed by atoms with E-state index in [2.05, 4.69) is 0 Å². The Labute approximate surface area is 170 Å². The average Bonchev–Trinajstić information content (AvgIpc) is 3.15. The number of hydrogen-bond acceptors (Lipinski definition) is 3. The molecule has 0 amide bonds. The summed E-state index contributed by atoms with van der Waals surface area (Å²) in [7, 11) is 0. The van der Waals surface area contributed by atoms with Crippen molar-refractivity contribution in [3.05, 3.63) is 83.9 Å². The van der Waals surface area contributed by atoms with Gasteiger partial charge in [-0.2, -0.15) is 0 Å². The molecule has 0 saturated heterocycles. The normalized spacial score (nSPS) is 14.5. The van der Waals surface area contributed by atoms with E-state index in [9.17, 15) is 19.1 Å². The van der Waals surface area contributed by atoms with Crippen LogP contribution in [0.2, 0.25) is 0 Å². The molecule has 2 atom stereocenters. The number of fused-ring (bicyclic) bond motifs is 3. The van der Waals surface area contributed by atoms with Crippen molar-refractivity contribution in [1.82, 2.24) is 0 Å². The summed E-state index contributed by atoms with van der Waals surface area (Å²) in [4.78, 5) is 24.3. The number of benzene rings is 3. The second kappa shape index (κ2) is 7.71. The Kier molecular flexibility index (Phi) is 5.08. The van der Waals surface area contributed by atoms with Crippen LogP contribution < -0.4 is 0 Å². The molecule has 2 unspecified atom stereocenters. The minimum atomic E-state index is -3.33. The molecule has 0 aliphatic rings. The molecule has 0 aliphatic heterocycles. The summed E-state index contributed by atoms with van der Waals surface area (Å²) < 4.78 is 35.9. The number of furan rings is 1. The summed E-state index contributed by atoms with van der Waals surface area (Å²) >= 11 is 0. The molecule has 1 aromatic heterocycles. The lowest BCUT2D eigenvalue weighted by Crippen LogP contribution is -2.47. The molecule has 4 nitrogen and oxygen atoms in total. The average molecular weight is 408 g/mol. The summed E-state index contributed by atoms with van der Waals surface area (Å²) in [5.74, 6) is -3.20. The predicted octanol–water partition coefficient (Wildman–Crippen LogP) is 5.53. The van der Waals surface area contributed by atoms with Gasteiger partial charge in [0.15, 0.2) is 0 Å². The number of carbonyl (C=O) groups excluding carboxylic acids is 1. The van der Waals surface area contributed by atoms with E-state index in [-0.39, 0.29) is 12.0 Å². The molecule has 0 fully saturated rings. The third-order valence-corrected chi connectivity index (χ3v) is 5.27. The number of aliphatic carboxylic acids is 1. The molecule has 0 radical (unpaired) electrons. The predicted molar refractivity (Wildman–Crippen MR) is 109 cm³/mol. The first kappa shape index (κ1) is 19.8. The number of para-hydroxylation sites is 1. The Hall–Kier alpha value is -3.54. The molecular weight excluding hydrogens is 390 g/mol. The van der Waals surface area contributed by atoms with E-state index in [1.54, 1.807) is 54.6 Å². The highest BCUT2D eigenvalue weighted by Crippen LogP contribution is 2.32. The number of halogens is 2. The van der Waals surface area contributed by atoms with Crippen molar-refractivity contribution in [1.29, 1.82) is 0 Å². The summed E-state index contributed by atoms with van der Waals surface area (Å²) in [5, 5.41) is 10.7. The molecule has 3 aromatic carbocycles. The van der Waals surface area contributed by atoms with Crippen LogP contribution in [-0.2, 0) is 11.2 Å². The molecule has 4 aromatic rings. The lowest BCUT2D eigenvalue weighted by atomic mass is 9.87. The van der Waals surface area contributed by atoms with Gasteiger partial charge in [0.05, 0.1) is 0 Å². The van der Waals surface area contributed by atoms with Gasteiger partial charge >= 0.3 is 5.97 Å². The van der Waals surface area contributed by atoms with Crippen LogP contribution in [0.3, 0.4) is 0 Å². The summed E-state index contributed by atoms with van der Waals surface area (Å²) in [5.41, 5.74) is -1.68. The van der Waals surface area contributed by atoms with Crippen molar-refractivity contribution in [3.63, 3.8) is 0 Å². The number of rotatable bonds is 7. The molecule has 0 aliphatic carbocycles. The monoisotopic (exact) mass is 408 g/mol. The molecule has 152 valence electrons. The Bertz CT molecular complexity index is 1230. The largest absolute Gasteiger partial charge is 0.479 e. The van der Waals surface area contributed by atoms with Crippen LogP contribution in [0.1, 0.15) is 22.3 Å². The van der Waals surface area contributed by atoms with Gasteiger partial charge < -0.3 is 9.52 Å². The lowest BCUT2D eigenvalue weighted by molar-refractivity contribution is -0.155.